The van der Waals surface area contributed by atoms with Crippen LogP contribution in [0.1, 0.15) is 57.4 Å². The van der Waals surface area contributed by atoms with Crippen molar-refractivity contribution in [3.8, 4) is 0 Å². The Morgan fingerprint density at radius 3 is 2.85 bits per heavy atom. The molecule has 0 saturated carbocycles. The summed E-state index contributed by atoms with van der Waals surface area (Å²) in [5.74, 6) is 0.271. The van der Waals surface area contributed by atoms with Gasteiger partial charge in [-0.1, -0.05) is 32.6 Å². The maximum Gasteiger partial charge on any atom is 0.226 e. The predicted molar refractivity (Wildman–Crippen MR) is 84.9 cm³/mol. The average Bonchev–Trinajstić information content (AvgIpc) is 2.46. The molecule has 1 amide bonds. The number of nitrogens with two attached hydrogens (primary N) is 1. The van der Waals surface area contributed by atoms with E-state index in [0.717, 1.165) is 37.2 Å². The number of anilines is 2. The third kappa shape index (κ3) is 3.75. The van der Waals surface area contributed by atoms with E-state index >= 15 is 0 Å². The van der Waals surface area contributed by atoms with Crippen molar-refractivity contribution in [1.82, 2.24) is 0 Å². The summed E-state index contributed by atoms with van der Waals surface area (Å²) in [5, 5.41) is 0. The molecule has 3 heteroatoms. The normalized spacial score (nSPS) is 14.2. The first-order valence-electron chi connectivity index (χ1n) is 7.91. The smallest absolute Gasteiger partial charge is 0.226 e. The molecule has 3 nitrogen and oxygen atoms in total. The van der Waals surface area contributed by atoms with E-state index in [1.54, 1.807) is 0 Å². The van der Waals surface area contributed by atoms with Gasteiger partial charge in [0.05, 0.1) is 0 Å². The molecule has 1 aliphatic rings. The molecule has 2 N–H and O–H groups in total. The second kappa shape index (κ2) is 7.32. The van der Waals surface area contributed by atoms with E-state index in [4.69, 9.17) is 5.73 Å². The van der Waals surface area contributed by atoms with Gasteiger partial charge in [-0.3, -0.25) is 4.79 Å². The lowest BCUT2D eigenvalue weighted by Crippen LogP contribution is -2.35. The Kier molecular flexibility index (Phi) is 5.45. The molecule has 0 fully saturated rings. The maximum absolute atomic E-state index is 12.4. The van der Waals surface area contributed by atoms with Gasteiger partial charge < -0.3 is 10.6 Å². The minimum absolute atomic E-state index is 0.271. The Morgan fingerprint density at radius 2 is 2.05 bits per heavy atom. The lowest BCUT2D eigenvalue weighted by molar-refractivity contribution is -0.118. The van der Waals surface area contributed by atoms with Gasteiger partial charge in [-0.05, 0) is 43.0 Å². The van der Waals surface area contributed by atoms with Crippen LogP contribution in [0.15, 0.2) is 18.2 Å². The molecule has 0 aliphatic carbocycles. The third-order valence-corrected chi connectivity index (χ3v) is 4.02. The molecule has 1 aromatic rings. The Labute approximate surface area is 122 Å². The van der Waals surface area contributed by atoms with Crippen molar-refractivity contribution in [3.05, 3.63) is 23.8 Å². The van der Waals surface area contributed by atoms with Crippen LogP contribution in [-0.4, -0.2) is 12.5 Å². The van der Waals surface area contributed by atoms with Gasteiger partial charge in [0, 0.05) is 24.3 Å². The van der Waals surface area contributed by atoms with E-state index in [9.17, 15) is 4.79 Å². The number of aryl methyl sites for hydroxylation is 1. The van der Waals surface area contributed by atoms with Gasteiger partial charge in [-0.2, -0.15) is 0 Å². The third-order valence-electron chi connectivity index (χ3n) is 4.02. The molecule has 0 spiro atoms. The Bertz CT molecular complexity index is 456. The number of benzene rings is 1. The van der Waals surface area contributed by atoms with Crippen LogP contribution in [-0.2, 0) is 11.2 Å². The monoisotopic (exact) mass is 274 g/mol. The second-order valence-electron chi connectivity index (χ2n) is 5.70. The zero-order valence-electron chi connectivity index (χ0n) is 12.5. The Balaban J connectivity index is 1.91. The molecule has 0 atom stereocenters. The lowest BCUT2D eigenvalue weighted by Gasteiger charge is -2.29. The number of hydrogen-bond acceptors (Lipinski definition) is 2. The van der Waals surface area contributed by atoms with E-state index in [2.05, 4.69) is 6.92 Å². The fraction of sp³-hybridized carbons (Fsp3) is 0.588. The van der Waals surface area contributed by atoms with Crippen LogP contribution in [0.25, 0.3) is 0 Å². The van der Waals surface area contributed by atoms with Gasteiger partial charge in [0.2, 0.25) is 5.91 Å². The minimum atomic E-state index is 0.271. The second-order valence-corrected chi connectivity index (χ2v) is 5.70. The molecule has 1 heterocycles. The van der Waals surface area contributed by atoms with Crippen molar-refractivity contribution >= 4 is 17.3 Å². The topological polar surface area (TPSA) is 46.3 Å². The number of carbonyl (C=O) groups excluding carboxylic acids is 1. The fourth-order valence-electron chi connectivity index (χ4n) is 2.89. The number of unbranched alkanes of at least 4 members (excludes halogenated alkanes) is 4. The SMILES string of the molecule is CCCCCCCC(=O)N1CCCc2cc(N)ccc21. The van der Waals surface area contributed by atoms with Crippen LogP contribution in [0.4, 0.5) is 11.4 Å². The average molecular weight is 274 g/mol. The summed E-state index contributed by atoms with van der Waals surface area (Å²) in [6.07, 6.45) is 8.69. The van der Waals surface area contributed by atoms with Crippen molar-refractivity contribution in [2.75, 3.05) is 17.2 Å². The molecule has 20 heavy (non-hydrogen) atoms. The van der Waals surface area contributed by atoms with Gasteiger partial charge >= 0.3 is 0 Å². The van der Waals surface area contributed by atoms with Crippen molar-refractivity contribution in [3.63, 3.8) is 0 Å². The summed E-state index contributed by atoms with van der Waals surface area (Å²) in [7, 11) is 0. The van der Waals surface area contributed by atoms with Gasteiger partial charge in [-0.15, -0.1) is 0 Å². The van der Waals surface area contributed by atoms with Crippen molar-refractivity contribution in [1.29, 1.82) is 0 Å². The number of nitrogen functional groups attached to an aromatic ring is 1. The molecule has 0 radical (unpaired) electrons. The van der Waals surface area contributed by atoms with Crippen LogP contribution < -0.4 is 10.6 Å². The molecule has 0 bridgehead atoms. The number of nitrogens with zero attached hydrogens (tertiary/aromatic N) is 1. The number of amides is 1. The highest BCUT2D eigenvalue weighted by molar-refractivity contribution is 5.94. The molecular formula is C17H26N2O. The molecule has 2 rings (SSSR count). The van der Waals surface area contributed by atoms with Crippen molar-refractivity contribution in [2.45, 2.75) is 58.3 Å². The van der Waals surface area contributed by atoms with Crippen LogP contribution in [0, 0.1) is 0 Å². The standard InChI is InChI=1S/C17H26N2O/c1-2-3-4-5-6-9-17(20)19-12-7-8-14-13-15(18)10-11-16(14)19/h10-11,13H,2-9,12,18H2,1H3. The predicted octanol–water partition coefficient (Wildman–Crippen LogP) is 3.91. The summed E-state index contributed by atoms with van der Waals surface area (Å²) >= 11 is 0. The van der Waals surface area contributed by atoms with E-state index in [-0.39, 0.29) is 5.91 Å². The summed E-state index contributed by atoms with van der Waals surface area (Å²) in [6, 6.07) is 5.90. The molecular weight excluding hydrogens is 248 g/mol. The summed E-state index contributed by atoms with van der Waals surface area (Å²) < 4.78 is 0. The first-order valence-corrected chi connectivity index (χ1v) is 7.91. The highest BCUT2D eigenvalue weighted by atomic mass is 16.2. The van der Waals surface area contributed by atoms with Crippen molar-refractivity contribution in [2.24, 2.45) is 0 Å². The van der Waals surface area contributed by atoms with Crippen LogP contribution in [0.5, 0.6) is 0 Å². The van der Waals surface area contributed by atoms with Gasteiger partial charge in [0.25, 0.3) is 0 Å². The zero-order chi connectivity index (χ0) is 14.4. The lowest BCUT2D eigenvalue weighted by atomic mass is 10.00. The summed E-state index contributed by atoms with van der Waals surface area (Å²) in [6.45, 7) is 3.06. The Hall–Kier alpha value is -1.51. The number of rotatable bonds is 6. The van der Waals surface area contributed by atoms with Crippen LogP contribution in [0.3, 0.4) is 0 Å². The minimum Gasteiger partial charge on any atom is -0.399 e. The van der Waals surface area contributed by atoms with E-state index < -0.39 is 0 Å². The van der Waals surface area contributed by atoms with Crippen LogP contribution >= 0.6 is 0 Å². The molecule has 110 valence electrons. The zero-order valence-corrected chi connectivity index (χ0v) is 12.5. The molecule has 1 aromatic carbocycles. The first-order chi connectivity index (χ1) is 9.72. The first kappa shape index (κ1) is 14.9. The summed E-state index contributed by atoms with van der Waals surface area (Å²) in [5.41, 5.74) is 8.91. The van der Waals surface area contributed by atoms with Gasteiger partial charge in [0.1, 0.15) is 0 Å². The van der Waals surface area contributed by atoms with Crippen LogP contribution in [0.2, 0.25) is 0 Å². The maximum atomic E-state index is 12.4. The molecule has 0 aromatic heterocycles. The number of carbonyl (C=O) groups is 1. The molecule has 1 aliphatic heterocycles. The highest BCUT2D eigenvalue weighted by Crippen LogP contribution is 2.29. The molecule has 0 saturated heterocycles. The quantitative estimate of drug-likeness (QED) is 0.631. The van der Waals surface area contributed by atoms with Gasteiger partial charge in [0.15, 0.2) is 0 Å². The van der Waals surface area contributed by atoms with E-state index in [1.165, 1.54) is 31.2 Å². The van der Waals surface area contributed by atoms with Crippen molar-refractivity contribution < 1.29 is 4.79 Å². The van der Waals surface area contributed by atoms with E-state index in [0.29, 0.717) is 6.42 Å². The number of hydrogen-bond donors (Lipinski definition) is 1. The molecule has 0 unspecified atom stereocenters. The van der Waals surface area contributed by atoms with Gasteiger partial charge in [-0.25, -0.2) is 0 Å². The largest absolute Gasteiger partial charge is 0.399 e. The summed E-state index contributed by atoms with van der Waals surface area (Å²) in [4.78, 5) is 14.3. The Morgan fingerprint density at radius 1 is 1.25 bits per heavy atom. The fourth-order valence-corrected chi connectivity index (χ4v) is 2.89. The van der Waals surface area contributed by atoms with E-state index in [1.807, 2.05) is 23.1 Å². The highest BCUT2D eigenvalue weighted by Gasteiger charge is 2.21. The number of fused-ring (bicyclic) bond motifs is 1.